The smallest absolute Gasteiger partial charge is 0.306 e. The average Bonchev–Trinajstić information content (AvgIpc) is 3.16. The molecule has 0 radical (unpaired) electrons. The number of cyclic esters (lactones) is 1. The van der Waals surface area contributed by atoms with Crippen LogP contribution in [0.15, 0.2) is 11.6 Å². The van der Waals surface area contributed by atoms with Gasteiger partial charge in [0.1, 0.15) is 24.1 Å². The van der Waals surface area contributed by atoms with Gasteiger partial charge in [0.15, 0.2) is 0 Å². The molecule has 2 saturated carbocycles. The molecule has 8 nitrogen and oxygen atoms in total. The van der Waals surface area contributed by atoms with Crippen LogP contribution in [0.25, 0.3) is 0 Å². The van der Waals surface area contributed by atoms with Crippen LogP contribution in [0.4, 0.5) is 0 Å². The van der Waals surface area contributed by atoms with Crippen molar-refractivity contribution in [2.75, 3.05) is 6.61 Å². The Hall–Kier alpha value is -2.22. The zero-order valence-corrected chi connectivity index (χ0v) is 21.2. The number of hydrogen-bond acceptors (Lipinski definition) is 8. The summed E-state index contributed by atoms with van der Waals surface area (Å²) in [5.74, 6) is -2.16. The number of hydrogen-bond donors (Lipinski definition) is 1. The van der Waals surface area contributed by atoms with Crippen LogP contribution in [-0.4, -0.2) is 53.7 Å². The van der Waals surface area contributed by atoms with Crippen molar-refractivity contribution >= 4 is 23.7 Å². The molecule has 1 N–H and O–H groups in total. The number of aliphatic hydroxyl groups is 1. The maximum atomic E-state index is 13.7. The molecule has 2 heterocycles. The van der Waals surface area contributed by atoms with Gasteiger partial charge in [-0.2, -0.15) is 0 Å². The summed E-state index contributed by atoms with van der Waals surface area (Å²) in [5, 5.41) is 10.1. The van der Waals surface area contributed by atoms with Gasteiger partial charge in [0.25, 0.3) is 0 Å². The molecule has 0 spiro atoms. The van der Waals surface area contributed by atoms with E-state index in [-0.39, 0.29) is 54.9 Å². The minimum atomic E-state index is -0.781. The van der Waals surface area contributed by atoms with E-state index in [0.29, 0.717) is 19.3 Å². The van der Waals surface area contributed by atoms with E-state index in [4.69, 9.17) is 14.2 Å². The molecule has 5 rings (SSSR count). The number of rotatable bonds is 3. The van der Waals surface area contributed by atoms with Crippen molar-refractivity contribution in [2.24, 2.45) is 39.9 Å². The van der Waals surface area contributed by atoms with Gasteiger partial charge in [0, 0.05) is 47.8 Å². The Kier molecular flexibility index (Phi) is 5.52. The maximum absolute atomic E-state index is 13.7. The third-order valence-corrected chi connectivity index (χ3v) is 10.5. The highest BCUT2D eigenvalue weighted by Crippen LogP contribution is 2.71. The van der Waals surface area contributed by atoms with E-state index in [1.165, 1.54) is 6.92 Å². The molecule has 3 aliphatic carbocycles. The molecule has 0 aromatic carbocycles. The molecule has 2 saturated heterocycles. The predicted molar refractivity (Wildman–Crippen MR) is 123 cm³/mol. The molecule has 0 aromatic heterocycles. The topological polar surface area (TPSA) is 116 Å². The predicted octanol–water partition coefficient (Wildman–Crippen LogP) is 2.75. The molecular formula is C27H36O8. The first-order valence-corrected chi connectivity index (χ1v) is 12.7. The summed E-state index contributed by atoms with van der Waals surface area (Å²) in [6.45, 7) is 9.24. The zero-order chi connectivity index (χ0) is 25.5. The molecule has 0 aromatic rings. The molecule has 8 heteroatoms. The number of allylic oxidation sites excluding steroid dienone is 2. The first kappa shape index (κ1) is 24.5. The molecule has 35 heavy (non-hydrogen) atoms. The van der Waals surface area contributed by atoms with Crippen LogP contribution in [0, 0.1) is 39.9 Å². The van der Waals surface area contributed by atoms with Crippen molar-refractivity contribution in [1.82, 2.24) is 0 Å². The second-order valence-corrected chi connectivity index (χ2v) is 12.1. The van der Waals surface area contributed by atoms with E-state index in [9.17, 15) is 24.3 Å². The van der Waals surface area contributed by atoms with Crippen LogP contribution in [-0.2, 0) is 33.4 Å². The van der Waals surface area contributed by atoms with Crippen molar-refractivity contribution in [3.8, 4) is 0 Å². The number of carbonyl (C=O) groups is 4. The standard InChI is InChI=1S/C27H36O8/c1-13-6-7-19(30)26(4)16(13)9-20-27(5)18(10-22(32)34-20)25(3,11-17(23(26)27)33-14(2)29)24-15(12-28)8-21(31)35-24/h6,15-18,20,23-24,28H,7-12H2,1-5H3/t15-,16-,17-,18+,20-,23-,24+,25-,26-,27-/m1/s1. The fraction of sp³-hybridized carbons (Fsp3) is 0.778. The highest BCUT2D eigenvalue weighted by Gasteiger charge is 2.75. The van der Waals surface area contributed by atoms with Gasteiger partial charge in [-0.1, -0.05) is 32.4 Å². The Labute approximate surface area is 205 Å². The van der Waals surface area contributed by atoms with Crippen LogP contribution >= 0.6 is 0 Å². The lowest BCUT2D eigenvalue weighted by atomic mass is 9.36. The molecular weight excluding hydrogens is 452 g/mol. The average molecular weight is 489 g/mol. The molecule has 4 fully saturated rings. The second-order valence-electron chi connectivity index (χ2n) is 12.1. The quantitative estimate of drug-likeness (QED) is 0.366. The van der Waals surface area contributed by atoms with Gasteiger partial charge in [0.2, 0.25) is 0 Å². The molecule has 0 bridgehead atoms. The summed E-state index contributed by atoms with van der Waals surface area (Å²) in [7, 11) is 0. The SMILES string of the molecule is CC(=O)O[C@@H]1C[C@@](C)([C@H]2OC(=O)C[C@@H]2CO)[C@@H]2CC(=O)O[C@@H]3C[C@@H]4C(C)=CCC(=O)[C@]4(C)[C@@H]1[C@@]32C. The molecule has 192 valence electrons. The number of ether oxygens (including phenoxy) is 3. The Morgan fingerprint density at radius 2 is 1.83 bits per heavy atom. The molecule has 2 aliphatic heterocycles. The van der Waals surface area contributed by atoms with Crippen molar-refractivity contribution in [2.45, 2.75) is 85.0 Å². The van der Waals surface area contributed by atoms with Crippen LogP contribution in [0.3, 0.4) is 0 Å². The van der Waals surface area contributed by atoms with Crippen molar-refractivity contribution in [3.63, 3.8) is 0 Å². The van der Waals surface area contributed by atoms with E-state index in [2.05, 4.69) is 6.92 Å². The van der Waals surface area contributed by atoms with Crippen LogP contribution in [0.1, 0.15) is 66.7 Å². The highest BCUT2D eigenvalue weighted by atomic mass is 16.6. The Morgan fingerprint density at radius 1 is 1.14 bits per heavy atom. The third kappa shape index (κ3) is 3.20. The lowest BCUT2D eigenvalue weighted by molar-refractivity contribution is -0.281. The number of carbonyl (C=O) groups excluding carboxylic acids is 4. The Balaban J connectivity index is 1.71. The van der Waals surface area contributed by atoms with Gasteiger partial charge < -0.3 is 19.3 Å². The Bertz CT molecular complexity index is 1020. The van der Waals surface area contributed by atoms with Crippen molar-refractivity contribution in [3.05, 3.63) is 11.6 Å². The number of esters is 3. The number of aliphatic hydroxyl groups excluding tert-OH is 1. The fourth-order valence-corrected chi connectivity index (χ4v) is 9.13. The zero-order valence-electron chi connectivity index (χ0n) is 21.2. The number of Topliss-reactive ketones (excluding diaryl/α,β-unsaturated/α-hetero) is 1. The van der Waals surface area contributed by atoms with Gasteiger partial charge in [0.05, 0.1) is 13.0 Å². The molecule has 10 atom stereocenters. The maximum Gasteiger partial charge on any atom is 0.306 e. The first-order valence-electron chi connectivity index (χ1n) is 12.7. The molecule has 0 amide bonds. The second kappa shape index (κ2) is 7.89. The molecule has 0 unspecified atom stereocenters. The van der Waals surface area contributed by atoms with Crippen LogP contribution in [0.5, 0.6) is 0 Å². The van der Waals surface area contributed by atoms with Gasteiger partial charge in [-0.15, -0.1) is 0 Å². The summed E-state index contributed by atoms with van der Waals surface area (Å²) in [6.07, 6.45) is 1.69. The molecule has 5 aliphatic rings. The van der Waals surface area contributed by atoms with Crippen molar-refractivity contribution in [1.29, 1.82) is 0 Å². The summed E-state index contributed by atoms with van der Waals surface area (Å²) >= 11 is 0. The van der Waals surface area contributed by atoms with E-state index < -0.39 is 46.4 Å². The summed E-state index contributed by atoms with van der Waals surface area (Å²) in [5.41, 5.74) is -1.12. The summed E-state index contributed by atoms with van der Waals surface area (Å²) in [4.78, 5) is 51.3. The monoisotopic (exact) mass is 488 g/mol. The van der Waals surface area contributed by atoms with Crippen LogP contribution < -0.4 is 0 Å². The fourth-order valence-electron chi connectivity index (χ4n) is 9.13. The lowest BCUT2D eigenvalue weighted by Crippen LogP contribution is -2.73. The van der Waals surface area contributed by atoms with E-state index >= 15 is 0 Å². The number of fused-ring (bicyclic) bond motifs is 2. The van der Waals surface area contributed by atoms with E-state index in [0.717, 1.165) is 5.57 Å². The summed E-state index contributed by atoms with van der Waals surface area (Å²) < 4.78 is 17.8. The van der Waals surface area contributed by atoms with Gasteiger partial charge in [-0.25, -0.2) is 0 Å². The van der Waals surface area contributed by atoms with E-state index in [1.807, 2.05) is 26.8 Å². The van der Waals surface area contributed by atoms with Gasteiger partial charge >= 0.3 is 17.9 Å². The minimum Gasteiger partial charge on any atom is -0.462 e. The minimum absolute atomic E-state index is 0.109. The number of ketones is 1. The van der Waals surface area contributed by atoms with Gasteiger partial charge in [-0.3, -0.25) is 19.2 Å². The normalized spacial score (nSPS) is 48.8. The summed E-state index contributed by atoms with van der Waals surface area (Å²) in [6, 6.07) is 0. The van der Waals surface area contributed by atoms with E-state index in [1.54, 1.807) is 0 Å². The first-order chi connectivity index (χ1) is 16.4. The van der Waals surface area contributed by atoms with Crippen molar-refractivity contribution < 1.29 is 38.5 Å². The van der Waals surface area contributed by atoms with Crippen LogP contribution in [0.2, 0.25) is 0 Å². The largest absolute Gasteiger partial charge is 0.462 e. The van der Waals surface area contributed by atoms with Gasteiger partial charge in [-0.05, 0) is 31.6 Å². The lowest BCUT2D eigenvalue weighted by Gasteiger charge is -2.70. The Morgan fingerprint density at radius 3 is 2.49 bits per heavy atom. The third-order valence-electron chi connectivity index (χ3n) is 10.5. The highest BCUT2D eigenvalue weighted by molar-refractivity contribution is 5.89.